The number of hydrogen-bond donors (Lipinski definition) is 2. The molecule has 8 nitrogen and oxygen atoms in total. The van der Waals surface area contributed by atoms with Gasteiger partial charge in [0.05, 0.1) is 14.2 Å². The van der Waals surface area contributed by atoms with Crippen LogP contribution in [-0.2, 0) is 19.1 Å². The molecule has 24 heavy (non-hydrogen) atoms. The second-order valence-electron chi connectivity index (χ2n) is 5.06. The minimum atomic E-state index is -1.40. The van der Waals surface area contributed by atoms with Crippen LogP contribution in [0.1, 0.15) is 0 Å². The zero-order valence-corrected chi connectivity index (χ0v) is 13.1. The predicted molar refractivity (Wildman–Crippen MR) is 85.6 cm³/mol. The predicted octanol–water partition coefficient (Wildman–Crippen LogP) is 0.465. The van der Waals surface area contributed by atoms with Gasteiger partial charge in [0.25, 0.3) is 0 Å². The van der Waals surface area contributed by atoms with Crippen molar-refractivity contribution in [1.29, 1.82) is 0 Å². The molecule has 0 bridgehead atoms. The van der Waals surface area contributed by atoms with E-state index < -0.39 is 11.3 Å². The van der Waals surface area contributed by atoms with E-state index in [1.165, 1.54) is 38.5 Å². The zero-order chi connectivity index (χ0) is 17.8. The summed E-state index contributed by atoms with van der Waals surface area (Å²) in [5.41, 5.74) is 10.6. The summed E-state index contributed by atoms with van der Waals surface area (Å²) in [6, 6.07) is 0. The lowest BCUT2D eigenvalue weighted by molar-refractivity contribution is 0.241. The maximum Gasteiger partial charge on any atom is 0.237 e. The molecular formula is C16H16N4O4. The number of ether oxygens (including phenoxy) is 2. The molecule has 0 saturated carbocycles. The SMILES string of the molecule is COC1=C/C(=C2/C=CC(N)(N=C=O)C(OC)=C2)C=CC1(N)N=C=O. The Morgan fingerprint density at radius 1 is 0.875 bits per heavy atom. The first-order valence-corrected chi connectivity index (χ1v) is 6.83. The summed E-state index contributed by atoms with van der Waals surface area (Å²) in [5, 5.41) is 0. The number of nitrogens with two attached hydrogens (primary N) is 2. The summed E-state index contributed by atoms with van der Waals surface area (Å²) >= 11 is 0. The van der Waals surface area contributed by atoms with E-state index in [0.29, 0.717) is 0 Å². The van der Waals surface area contributed by atoms with Gasteiger partial charge in [-0.2, -0.15) is 9.98 Å². The van der Waals surface area contributed by atoms with Crippen molar-refractivity contribution >= 4 is 12.2 Å². The Hall–Kier alpha value is -3.02. The minimum Gasteiger partial charge on any atom is -0.497 e. The van der Waals surface area contributed by atoms with E-state index in [0.717, 1.165) is 11.1 Å². The summed E-state index contributed by atoms with van der Waals surface area (Å²) in [6.07, 6.45) is 12.5. The van der Waals surface area contributed by atoms with Crippen molar-refractivity contribution in [1.82, 2.24) is 0 Å². The van der Waals surface area contributed by atoms with Gasteiger partial charge < -0.3 is 9.47 Å². The second-order valence-corrected chi connectivity index (χ2v) is 5.06. The van der Waals surface area contributed by atoms with Gasteiger partial charge >= 0.3 is 0 Å². The van der Waals surface area contributed by atoms with Crippen LogP contribution in [0.25, 0.3) is 0 Å². The van der Waals surface area contributed by atoms with Crippen molar-refractivity contribution in [2.75, 3.05) is 14.2 Å². The van der Waals surface area contributed by atoms with Crippen LogP contribution in [0.3, 0.4) is 0 Å². The van der Waals surface area contributed by atoms with Crippen LogP contribution in [0.2, 0.25) is 0 Å². The first-order chi connectivity index (χ1) is 11.4. The molecule has 0 aromatic rings. The molecule has 0 fully saturated rings. The highest BCUT2D eigenvalue weighted by molar-refractivity contribution is 5.57. The van der Waals surface area contributed by atoms with Gasteiger partial charge in [-0.05, 0) is 35.5 Å². The van der Waals surface area contributed by atoms with E-state index in [1.807, 2.05) is 0 Å². The van der Waals surface area contributed by atoms with Gasteiger partial charge in [-0.25, -0.2) is 9.59 Å². The van der Waals surface area contributed by atoms with Crippen LogP contribution in [0.5, 0.6) is 0 Å². The number of nitrogens with zero attached hydrogens (tertiary/aromatic N) is 2. The van der Waals surface area contributed by atoms with Gasteiger partial charge in [-0.1, -0.05) is 12.2 Å². The number of rotatable bonds is 4. The monoisotopic (exact) mass is 328 g/mol. The van der Waals surface area contributed by atoms with E-state index in [4.69, 9.17) is 20.9 Å². The zero-order valence-electron chi connectivity index (χ0n) is 13.1. The summed E-state index contributed by atoms with van der Waals surface area (Å²) in [4.78, 5) is 28.2. The Kier molecular flexibility index (Phi) is 4.78. The molecule has 2 atom stereocenters. The maximum absolute atomic E-state index is 10.5. The number of aliphatic imine (C=N–C) groups is 2. The first kappa shape index (κ1) is 17.3. The van der Waals surface area contributed by atoms with E-state index in [-0.39, 0.29) is 11.5 Å². The van der Waals surface area contributed by atoms with Crippen LogP contribution in [0, 0.1) is 0 Å². The van der Waals surface area contributed by atoms with E-state index >= 15 is 0 Å². The van der Waals surface area contributed by atoms with Gasteiger partial charge in [0.15, 0.2) is 11.3 Å². The second kappa shape index (κ2) is 6.62. The van der Waals surface area contributed by atoms with Crippen LogP contribution < -0.4 is 11.5 Å². The lowest BCUT2D eigenvalue weighted by atomic mass is 9.91. The molecule has 2 unspecified atom stereocenters. The number of hydrogen-bond acceptors (Lipinski definition) is 8. The van der Waals surface area contributed by atoms with Crippen molar-refractivity contribution in [3.8, 4) is 0 Å². The number of carbonyl (C=O) groups excluding carboxylic acids is 2. The molecule has 0 amide bonds. The molecule has 0 saturated heterocycles. The summed E-state index contributed by atoms with van der Waals surface area (Å²) in [6.45, 7) is 0. The first-order valence-electron chi connectivity index (χ1n) is 6.83. The summed E-state index contributed by atoms with van der Waals surface area (Å²) in [7, 11) is 2.85. The third kappa shape index (κ3) is 3.03. The van der Waals surface area contributed by atoms with E-state index in [2.05, 4.69) is 9.98 Å². The lowest BCUT2D eigenvalue weighted by Crippen LogP contribution is -2.40. The molecular weight excluding hydrogens is 312 g/mol. The van der Waals surface area contributed by atoms with Crippen molar-refractivity contribution < 1.29 is 19.1 Å². The van der Waals surface area contributed by atoms with Crippen molar-refractivity contribution in [2.24, 2.45) is 21.5 Å². The van der Waals surface area contributed by atoms with Gasteiger partial charge in [-0.3, -0.25) is 11.5 Å². The highest BCUT2D eigenvalue weighted by Crippen LogP contribution is 2.32. The fourth-order valence-corrected chi connectivity index (χ4v) is 2.35. The standard InChI is InChI=1S/C16H16N4O4/c1-23-13-7-11(3-5-15(13,17)19-9-21)12-4-6-16(18,20-10-22)14(8-12)24-2/h3-8H,17-18H2,1-2H3/b12-11-. The van der Waals surface area contributed by atoms with E-state index in [9.17, 15) is 9.59 Å². The highest BCUT2D eigenvalue weighted by atomic mass is 16.5. The molecule has 2 rings (SSSR count). The minimum absolute atomic E-state index is 0.270. The number of allylic oxidation sites excluding steroid dienone is 6. The quantitative estimate of drug-likeness (QED) is 0.570. The molecule has 2 aliphatic carbocycles. The van der Waals surface area contributed by atoms with Crippen molar-refractivity contribution in [2.45, 2.75) is 11.3 Å². The molecule has 2 aliphatic rings. The van der Waals surface area contributed by atoms with Crippen molar-refractivity contribution in [3.05, 3.63) is 59.1 Å². The summed E-state index contributed by atoms with van der Waals surface area (Å²) < 4.78 is 10.4. The van der Waals surface area contributed by atoms with Gasteiger partial charge in [0.2, 0.25) is 12.2 Å². The molecule has 0 aliphatic heterocycles. The van der Waals surface area contributed by atoms with Crippen molar-refractivity contribution in [3.63, 3.8) is 0 Å². The Morgan fingerprint density at radius 3 is 1.54 bits per heavy atom. The third-order valence-corrected chi connectivity index (χ3v) is 3.63. The molecule has 0 aromatic heterocycles. The van der Waals surface area contributed by atoms with Gasteiger partial charge in [-0.15, -0.1) is 0 Å². The van der Waals surface area contributed by atoms with Gasteiger partial charge in [0.1, 0.15) is 11.5 Å². The van der Waals surface area contributed by atoms with E-state index in [1.54, 1.807) is 24.3 Å². The fourth-order valence-electron chi connectivity index (χ4n) is 2.35. The number of isocyanates is 2. The molecule has 124 valence electrons. The Bertz CT molecular complexity index is 729. The summed E-state index contributed by atoms with van der Waals surface area (Å²) in [5.74, 6) is 0.541. The highest BCUT2D eigenvalue weighted by Gasteiger charge is 2.33. The smallest absolute Gasteiger partial charge is 0.237 e. The average Bonchev–Trinajstić information content (AvgIpc) is 2.56. The molecule has 4 N–H and O–H groups in total. The Labute approximate surface area is 138 Å². The molecule has 0 radical (unpaired) electrons. The fraction of sp³-hybridized carbons (Fsp3) is 0.250. The molecule has 0 spiro atoms. The molecule has 8 heteroatoms. The number of methoxy groups -OCH3 is 2. The van der Waals surface area contributed by atoms with Crippen LogP contribution in [0.4, 0.5) is 0 Å². The maximum atomic E-state index is 10.5. The van der Waals surface area contributed by atoms with Crippen LogP contribution in [-0.4, -0.2) is 37.7 Å². The topological polar surface area (TPSA) is 129 Å². The van der Waals surface area contributed by atoms with Gasteiger partial charge in [0, 0.05) is 0 Å². The Morgan fingerprint density at radius 2 is 1.25 bits per heavy atom. The van der Waals surface area contributed by atoms with Crippen LogP contribution in [0.15, 0.2) is 69.1 Å². The average molecular weight is 328 g/mol. The molecule has 0 aromatic carbocycles. The molecule has 0 heterocycles. The van der Waals surface area contributed by atoms with Crippen LogP contribution >= 0.6 is 0 Å². The largest absolute Gasteiger partial charge is 0.497 e. The normalized spacial score (nSPS) is 31.3. The lowest BCUT2D eigenvalue weighted by Gasteiger charge is -2.27. The Balaban J connectivity index is 2.52. The third-order valence-electron chi connectivity index (χ3n) is 3.63.